The maximum absolute atomic E-state index is 11.1. The minimum Gasteiger partial charge on any atom is -0.366 e. The standard InChI is InChI=1S/C14H10BrN3O/c15-10-7-9(14(16)19)5-6-12(10)18-8-17-11-3-1-2-4-13(11)18/h1-8H,(H2,16,19). The smallest absolute Gasteiger partial charge is 0.248 e. The number of benzene rings is 2. The third kappa shape index (κ3) is 2.02. The van der Waals surface area contributed by atoms with Crippen LogP contribution in [0.25, 0.3) is 16.7 Å². The molecule has 0 atom stereocenters. The quantitative estimate of drug-likeness (QED) is 0.790. The van der Waals surface area contributed by atoms with Gasteiger partial charge in [-0.25, -0.2) is 4.98 Å². The zero-order valence-corrected chi connectivity index (χ0v) is 11.5. The monoisotopic (exact) mass is 315 g/mol. The lowest BCUT2D eigenvalue weighted by Gasteiger charge is -2.08. The Kier molecular flexibility index (Phi) is 2.83. The second kappa shape index (κ2) is 4.51. The number of halogens is 1. The van der Waals surface area contributed by atoms with Gasteiger partial charge in [0, 0.05) is 10.0 Å². The fourth-order valence-electron chi connectivity index (χ4n) is 2.01. The summed E-state index contributed by atoms with van der Waals surface area (Å²) in [6.45, 7) is 0. The molecule has 0 aliphatic carbocycles. The first kappa shape index (κ1) is 11.9. The number of primary amides is 1. The van der Waals surface area contributed by atoms with Crippen LogP contribution in [-0.4, -0.2) is 15.5 Å². The van der Waals surface area contributed by atoms with Gasteiger partial charge in [-0.05, 0) is 46.3 Å². The van der Waals surface area contributed by atoms with Crippen LogP contribution < -0.4 is 5.73 Å². The molecule has 2 aromatic carbocycles. The highest BCUT2D eigenvalue weighted by Crippen LogP contribution is 2.25. The van der Waals surface area contributed by atoms with Crippen molar-refractivity contribution in [2.24, 2.45) is 5.73 Å². The molecular formula is C14H10BrN3O. The second-order valence-corrected chi connectivity index (χ2v) is 4.99. The molecule has 5 heteroatoms. The second-order valence-electron chi connectivity index (χ2n) is 4.13. The van der Waals surface area contributed by atoms with Crippen LogP contribution in [0.1, 0.15) is 10.4 Å². The third-order valence-corrected chi connectivity index (χ3v) is 3.58. The van der Waals surface area contributed by atoms with E-state index in [0.717, 1.165) is 21.2 Å². The number of nitrogens with zero attached hydrogens (tertiary/aromatic N) is 2. The highest BCUT2D eigenvalue weighted by atomic mass is 79.9. The molecule has 0 aliphatic rings. The molecule has 1 aromatic heterocycles. The normalized spacial score (nSPS) is 10.8. The number of fused-ring (bicyclic) bond motifs is 1. The van der Waals surface area contributed by atoms with Crippen LogP contribution in [0.4, 0.5) is 0 Å². The van der Waals surface area contributed by atoms with Crippen molar-refractivity contribution in [2.45, 2.75) is 0 Å². The molecule has 4 nitrogen and oxygen atoms in total. The Morgan fingerprint density at radius 2 is 2.00 bits per heavy atom. The van der Waals surface area contributed by atoms with Gasteiger partial charge >= 0.3 is 0 Å². The molecule has 0 unspecified atom stereocenters. The van der Waals surface area contributed by atoms with Crippen LogP contribution in [0.5, 0.6) is 0 Å². The molecule has 1 heterocycles. The van der Waals surface area contributed by atoms with Gasteiger partial charge in [-0.15, -0.1) is 0 Å². The number of aromatic nitrogens is 2. The predicted octanol–water partition coefficient (Wildman–Crippen LogP) is 2.89. The molecule has 0 fully saturated rings. The van der Waals surface area contributed by atoms with Crippen LogP contribution in [0.2, 0.25) is 0 Å². The van der Waals surface area contributed by atoms with Crippen molar-refractivity contribution in [1.29, 1.82) is 0 Å². The lowest BCUT2D eigenvalue weighted by molar-refractivity contribution is 0.100. The number of amides is 1. The number of carbonyl (C=O) groups excluding carboxylic acids is 1. The first-order chi connectivity index (χ1) is 9.16. The molecule has 0 aliphatic heterocycles. The fourth-order valence-corrected chi connectivity index (χ4v) is 2.58. The van der Waals surface area contributed by atoms with Crippen molar-refractivity contribution in [3.63, 3.8) is 0 Å². The summed E-state index contributed by atoms with van der Waals surface area (Å²) in [6, 6.07) is 13.1. The largest absolute Gasteiger partial charge is 0.366 e. The zero-order valence-electron chi connectivity index (χ0n) is 9.88. The number of nitrogens with two attached hydrogens (primary N) is 1. The summed E-state index contributed by atoms with van der Waals surface area (Å²) < 4.78 is 2.76. The lowest BCUT2D eigenvalue weighted by Crippen LogP contribution is -2.11. The average molecular weight is 316 g/mol. The Morgan fingerprint density at radius 3 is 2.74 bits per heavy atom. The van der Waals surface area contributed by atoms with E-state index >= 15 is 0 Å². The predicted molar refractivity (Wildman–Crippen MR) is 77.3 cm³/mol. The Morgan fingerprint density at radius 1 is 1.21 bits per heavy atom. The fraction of sp³-hybridized carbons (Fsp3) is 0. The number of para-hydroxylation sites is 2. The van der Waals surface area contributed by atoms with Crippen molar-refractivity contribution < 1.29 is 4.79 Å². The molecule has 1 amide bonds. The van der Waals surface area contributed by atoms with E-state index in [0.29, 0.717) is 5.56 Å². The van der Waals surface area contributed by atoms with Crippen molar-refractivity contribution in [1.82, 2.24) is 9.55 Å². The number of carbonyl (C=O) groups is 1. The van der Waals surface area contributed by atoms with Gasteiger partial charge in [0.25, 0.3) is 0 Å². The Hall–Kier alpha value is -2.14. The lowest BCUT2D eigenvalue weighted by atomic mass is 10.2. The van der Waals surface area contributed by atoms with Gasteiger partial charge in [0.1, 0.15) is 6.33 Å². The first-order valence-electron chi connectivity index (χ1n) is 5.68. The Balaban J connectivity index is 2.19. The summed E-state index contributed by atoms with van der Waals surface area (Å²) >= 11 is 3.47. The van der Waals surface area contributed by atoms with E-state index in [1.807, 2.05) is 34.9 Å². The number of hydrogen-bond donors (Lipinski definition) is 1. The number of rotatable bonds is 2. The van der Waals surface area contributed by atoms with Crippen LogP contribution in [0.15, 0.2) is 53.3 Å². The first-order valence-corrected chi connectivity index (χ1v) is 6.48. The van der Waals surface area contributed by atoms with Crippen LogP contribution in [-0.2, 0) is 0 Å². The van der Waals surface area contributed by atoms with E-state index in [9.17, 15) is 4.79 Å². The summed E-state index contributed by atoms with van der Waals surface area (Å²) in [7, 11) is 0. The van der Waals surface area contributed by atoms with E-state index in [2.05, 4.69) is 20.9 Å². The van der Waals surface area contributed by atoms with E-state index in [1.54, 1.807) is 18.5 Å². The van der Waals surface area contributed by atoms with Gasteiger partial charge in [-0.3, -0.25) is 9.36 Å². The van der Waals surface area contributed by atoms with E-state index in [1.165, 1.54) is 0 Å². The molecule has 94 valence electrons. The van der Waals surface area contributed by atoms with Crippen molar-refractivity contribution >= 4 is 32.9 Å². The Bertz CT molecular complexity index is 779. The summed E-state index contributed by atoms with van der Waals surface area (Å²) in [4.78, 5) is 15.5. The molecule has 0 radical (unpaired) electrons. The molecular weight excluding hydrogens is 306 g/mol. The maximum atomic E-state index is 11.1. The number of imidazole rings is 1. The molecule has 0 saturated heterocycles. The Labute approximate surface area is 118 Å². The molecule has 3 rings (SSSR count). The SMILES string of the molecule is NC(=O)c1ccc(-n2cnc3ccccc32)c(Br)c1. The van der Waals surface area contributed by atoms with E-state index < -0.39 is 5.91 Å². The summed E-state index contributed by atoms with van der Waals surface area (Å²) in [6.07, 6.45) is 1.76. The molecule has 2 N–H and O–H groups in total. The summed E-state index contributed by atoms with van der Waals surface area (Å²) in [5, 5.41) is 0. The highest BCUT2D eigenvalue weighted by Gasteiger charge is 2.09. The zero-order chi connectivity index (χ0) is 13.4. The minimum atomic E-state index is -0.442. The molecule has 0 spiro atoms. The van der Waals surface area contributed by atoms with Crippen molar-refractivity contribution in [2.75, 3.05) is 0 Å². The van der Waals surface area contributed by atoms with Crippen LogP contribution in [0.3, 0.4) is 0 Å². The van der Waals surface area contributed by atoms with Crippen molar-refractivity contribution in [3.05, 3.63) is 58.8 Å². The molecule has 3 aromatic rings. The average Bonchev–Trinajstić information content (AvgIpc) is 2.82. The van der Waals surface area contributed by atoms with Crippen LogP contribution in [0, 0.1) is 0 Å². The van der Waals surface area contributed by atoms with Gasteiger partial charge in [-0.2, -0.15) is 0 Å². The topological polar surface area (TPSA) is 60.9 Å². The van der Waals surface area contributed by atoms with E-state index in [-0.39, 0.29) is 0 Å². The van der Waals surface area contributed by atoms with Crippen LogP contribution >= 0.6 is 15.9 Å². The highest BCUT2D eigenvalue weighted by molar-refractivity contribution is 9.10. The molecule has 0 saturated carbocycles. The minimum absolute atomic E-state index is 0.442. The van der Waals surface area contributed by atoms with Gasteiger partial charge in [0.15, 0.2) is 0 Å². The van der Waals surface area contributed by atoms with Gasteiger partial charge in [0.2, 0.25) is 5.91 Å². The summed E-state index contributed by atoms with van der Waals surface area (Å²) in [5.74, 6) is -0.442. The third-order valence-electron chi connectivity index (χ3n) is 2.95. The molecule has 0 bridgehead atoms. The van der Waals surface area contributed by atoms with Crippen molar-refractivity contribution in [3.8, 4) is 5.69 Å². The molecule has 19 heavy (non-hydrogen) atoms. The van der Waals surface area contributed by atoms with Gasteiger partial charge in [0.05, 0.1) is 16.7 Å². The number of hydrogen-bond acceptors (Lipinski definition) is 2. The van der Waals surface area contributed by atoms with E-state index in [4.69, 9.17) is 5.73 Å². The summed E-state index contributed by atoms with van der Waals surface area (Å²) in [5.41, 5.74) is 8.58. The maximum Gasteiger partial charge on any atom is 0.248 e. The van der Waals surface area contributed by atoms with Gasteiger partial charge < -0.3 is 5.73 Å². The van der Waals surface area contributed by atoms with Gasteiger partial charge in [-0.1, -0.05) is 12.1 Å².